The Bertz CT molecular complexity index is 595. The predicted octanol–water partition coefficient (Wildman–Crippen LogP) is 3.45. The normalized spacial score (nSPS) is 10.5. The van der Waals surface area contributed by atoms with Gasteiger partial charge in [0.05, 0.1) is 0 Å². The molecule has 112 valence electrons. The Hall–Kier alpha value is -2.17. The first kappa shape index (κ1) is 15.2. The Morgan fingerprint density at radius 2 is 1.67 bits per heavy atom. The molecule has 0 aliphatic rings. The molecule has 0 radical (unpaired) electrons. The predicted molar refractivity (Wildman–Crippen MR) is 84.2 cm³/mol. The van der Waals surface area contributed by atoms with Crippen LogP contribution in [0.2, 0.25) is 0 Å². The molecule has 0 spiro atoms. The van der Waals surface area contributed by atoms with Gasteiger partial charge in [0.1, 0.15) is 23.3 Å². The van der Waals surface area contributed by atoms with Gasteiger partial charge < -0.3 is 10.6 Å². The van der Waals surface area contributed by atoms with E-state index < -0.39 is 0 Å². The molecule has 2 rings (SSSR count). The standard InChI is InChI=1S/C16H21FN4/c1-5-13-20-14(18-4)8-15(21-13)19-9-12-6-10(2)16(17)11(3)7-12/h6-8H,5,9H2,1-4H3,(H2,18,19,20,21). The molecule has 0 saturated heterocycles. The second-order valence-electron chi connectivity index (χ2n) is 5.06. The smallest absolute Gasteiger partial charge is 0.132 e. The fourth-order valence-corrected chi connectivity index (χ4v) is 2.20. The van der Waals surface area contributed by atoms with Crippen LogP contribution in [0.1, 0.15) is 29.4 Å². The zero-order valence-corrected chi connectivity index (χ0v) is 12.9. The van der Waals surface area contributed by atoms with Crippen molar-refractivity contribution in [3.63, 3.8) is 0 Å². The van der Waals surface area contributed by atoms with E-state index in [0.717, 1.165) is 29.4 Å². The third-order valence-corrected chi connectivity index (χ3v) is 3.31. The van der Waals surface area contributed by atoms with Crippen LogP contribution >= 0.6 is 0 Å². The fourth-order valence-electron chi connectivity index (χ4n) is 2.20. The zero-order valence-electron chi connectivity index (χ0n) is 12.9. The monoisotopic (exact) mass is 288 g/mol. The highest BCUT2D eigenvalue weighted by Gasteiger charge is 2.06. The Labute approximate surface area is 124 Å². The molecule has 0 atom stereocenters. The van der Waals surface area contributed by atoms with Gasteiger partial charge in [0.2, 0.25) is 0 Å². The Morgan fingerprint density at radius 3 is 2.24 bits per heavy atom. The summed E-state index contributed by atoms with van der Waals surface area (Å²) in [4.78, 5) is 8.79. The Kier molecular flexibility index (Phi) is 4.73. The maximum absolute atomic E-state index is 13.6. The van der Waals surface area contributed by atoms with Crippen molar-refractivity contribution >= 4 is 11.6 Å². The van der Waals surface area contributed by atoms with Crippen LogP contribution in [0.25, 0.3) is 0 Å². The van der Waals surface area contributed by atoms with Gasteiger partial charge in [-0.05, 0) is 30.5 Å². The van der Waals surface area contributed by atoms with Crippen LogP contribution in [0.5, 0.6) is 0 Å². The van der Waals surface area contributed by atoms with Crippen LogP contribution in [0.15, 0.2) is 18.2 Å². The summed E-state index contributed by atoms with van der Waals surface area (Å²) in [5, 5.41) is 6.30. The third kappa shape index (κ3) is 3.68. The highest BCUT2D eigenvalue weighted by molar-refractivity contribution is 5.47. The quantitative estimate of drug-likeness (QED) is 0.884. The van der Waals surface area contributed by atoms with Crippen LogP contribution in [0.3, 0.4) is 0 Å². The molecule has 0 aliphatic heterocycles. The lowest BCUT2D eigenvalue weighted by molar-refractivity contribution is 0.608. The number of benzene rings is 1. The summed E-state index contributed by atoms with van der Waals surface area (Å²) in [6, 6.07) is 5.58. The lowest BCUT2D eigenvalue weighted by Gasteiger charge is -2.11. The van der Waals surface area contributed by atoms with Crippen molar-refractivity contribution in [2.75, 3.05) is 17.7 Å². The number of aromatic nitrogens is 2. The topological polar surface area (TPSA) is 49.8 Å². The van der Waals surface area contributed by atoms with E-state index in [0.29, 0.717) is 17.7 Å². The van der Waals surface area contributed by atoms with Crippen LogP contribution < -0.4 is 10.6 Å². The molecule has 1 heterocycles. The lowest BCUT2D eigenvalue weighted by atomic mass is 10.1. The molecule has 0 aliphatic carbocycles. The number of hydrogen-bond donors (Lipinski definition) is 2. The first-order chi connectivity index (χ1) is 10.0. The number of rotatable bonds is 5. The van der Waals surface area contributed by atoms with E-state index in [4.69, 9.17) is 0 Å². The lowest BCUT2D eigenvalue weighted by Crippen LogP contribution is -2.07. The molecule has 0 bridgehead atoms. The molecule has 5 heteroatoms. The summed E-state index contributed by atoms with van der Waals surface area (Å²) in [5.74, 6) is 2.21. The molecule has 1 aromatic carbocycles. The van der Waals surface area contributed by atoms with Crippen molar-refractivity contribution in [1.82, 2.24) is 9.97 Å². The first-order valence-corrected chi connectivity index (χ1v) is 7.08. The number of nitrogens with one attached hydrogen (secondary N) is 2. The molecule has 1 aromatic heterocycles. The summed E-state index contributed by atoms with van der Waals surface area (Å²) in [6.45, 7) is 6.19. The average Bonchev–Trinajstić information content (AvgIpc) is 2.49. The molecule has 4 nitrogen and oxygen atoms in total. The fraction of sp³-hybridized carbons (Fsp3) is 0.375. The minimum Gasteiger partial charge on any atom is -0.373 e. The number of anilines is 2. The van der Waals surface area contributed by atoms with Gasteiger partial charge in [-0.15, -0.1) is 0 Å². The van der Waals surface area contributed by atoms with Gasteiger partial charge in [-0.3, -0.25) is 0 Å². The summed E-state index contributed by atoms with van der Waals surface area (Å²) in [7, 11) is 1.83. The second kappa shape index (κ2) is 6.52. The number of halogens is 1. The van der Waals surface area contributed by atoms with Crippen LogP contribution in [0.4, 0.5) is 16.0 Å². The van der Waals surface area contributed by atoms with E-state index in [1.807, 2.05) is 32.2 Å². The highest BCUT2D eigenvalue weighted by Crippen LogP contribution is 2.17. The summed E-state index contributed by atoms with van der Waals surface area (Å²) < 4.78 is 13.6. The average molecular weight is 288 g/mol. The molecule has 21 heavy (non-hydrogen) atoms. The number of nitrogens with zero attached hydrogens (tertiary/aromatic N) is 2. The largest absolute Gasteiger partial charge is 0.373 e. The van der Waals surface area contributed by atoms with Gasteiger partial charge in [-0.1, -0.05) is 19.1 Å². The number of aryl methyl sites for hydroxylation is 3. The maximum atomic E-state index is 13.6. The van der Waals surface area contributed by atoms with Crippen LogP contribution in [-0.2, 0) is 13.0 Å². The molecule has 0 saturated carbocycles. The van der Waals surface area contributed by atoms with Crippen LogP contribution in [0, 0.1) is 19.7 Å². The van der Waals surface area contributed by atoms with Crippen LogP contribution in [-0.4, -0.2) is 17.0 Å². The molecule has 2 N–H and O–H groups in total. The first-order valence-electron chi connectivity index (χ1n) is 7.08. The molecular weight excluding hydrogens is 267 g/mol. The van der Waals surface area contributed by atoms with E-state index >= 15 is 0 Å². The molecule has 2 aromatic rings. The molecule has 0 amide bonds. The minimum atomic E-state index is -0.133. The minimum absolute atomic E-state index is 0.133. The van der Waals surface area contributed by atoms with Crippen molar-refractivity contribution in [2.24, 2.45) is 0 Å². The Morgan fingerprint density at radius 1 is 1.05 bits per heavy atom. The summed E-state index contributed by atoms with van der Waals surface area (Å²) in [6.07, 6.45) is 0.777. The van der Waals surface area contributed by atoms with Gasteiger partial charge in [0, 0.05) is 26.1 Å². The number of hydrogen-bond acceptors (Lipinski definition) is 4. The molecule has 0 unspecified atom stereocenters. The summed E-state index contributed by atoms with van der Waals surface area (Å²) in [5.41, 5.74) is 2.37. The highest BCUT2D eigenvalue weighted by atomic mass is 19.1. The van der Waals surface area contributed by atoms with Crippen molar-refractivity contribution in [3.05, 3.63) is 46.5 Å². The van der Waals surface area contributed by atoms with Crippen molar-refractivity contribution in [2.45, 2.75) is 33.7 Å². The van der Waals surface area contributed by atoms with E-state index in [9.17, 15) is 4.39 Å². The molecular formula is C16H21FN4. The second-order valence-corrected chi connectivity index (χ2v) is 5.06. The van der Waals surface area contributed by atoms with E-state index in [1.54, 1.807) is 13.8 Å². The van der Waals surface area contributed by atoms with E-state index in [-0.39, 0.29) is 5.82 Å². The van der Waals surface area contributed by atoms with Crippen molar-refractivity contribution in [1.29, 1.82) is 0 Å². The molecule has 0 fully saturated rings. The van der Waals surface area contributed by atoms with Gasteiger partial charge in [-0.25, -0.2) is 14.4 Å². The summed E-state index contributed by atoms with van der Waals surface area (Å²) >= 11 is 0. The van der Waals surface area contributed by atoms with E-state index in [1.165, 1.54) is 0 Å². The van der Waals surface area contributed by atoms with Gasteiger partial charge in [-0.2, -0.15) is 0 Å². The SMILES string of the molecule is CCc1nc(NC)cc(NCc2cc(C)c(F)c(C)c2)n1. The van der Waals surface area contributed by atoms with Gasteiger partial charge in [0.25, 0.3) is 0 Å². The van der Waals surface area contributed by atoms with E-state index in [2.05, 4.69) is 20.6 Å². The maximum Gasteiger partial charge on any atom is 0.132 e. The zero-order chi connectivity index (χ0) is 15.4. The van der Waals surface area contributed by atoms with Gasteiger partial charge in [0.15, 0.2) is 0 Å². The van der Waals surface area contributed by atoms with Crippen molar-refractivity contribution < 1.29 is 4.39 Å². The van der Waals surface area contributed by atoms with Gasteiger partial charge >= 0.3 is 0 Å². The Balaban J connectivity index is 2.16. The van der Waals surface area contributed by atoms with Crippen molar-refractivity contribution in [3.8, 4) is 0 Å². The third-order valence-electron chi connectivity index (χ3n) is 3.31.